The smallest absolute Gasteiger partial charge is 0.244 e. The number of hydrogen-bond acceptors (Lipinski definition) is 3. The van der Waals surface area contributed by atoms with Crippen molar-refractivity contribution in [2.45, 2.75) is 25.3 Å². The minimum absolute atomic E-state index is 0.0507. The van der Waals surface area contributed by atoms with Crippen molar-refractivity contribution in [1.29, 1.82) is 0 Å². The Kier molecular flexibility index (Phi) is 3.69. The molecular weight excluding hydrogens is 302 g/mol. The van der Waals surface area contributed by atoms with E-state index in [1.807, 2.05) is 53.1 Å². The predicted octanol–water partition coefficient (Wildman–Crippen LogP) is 3.56. The molecular formula is C19H19N3O2. The summed E-state index contributed by atoms with van der Waals surface area (Å²) in [5, 5.41) is 2.94. The molecule has 1 amide bonds. The average molecular weight is 321 g/mol. The van der Waals surface area contributed by atoms with Gasteiger partial charge in [0.25, 0.3) is 0 Å². The Bertz CT molecular complexity index is 879. The Morgan fingerprint density at radius 3 is 2.67 bits per heavy atom. The summed E-state index contributed by atoms with van der Waals surface area (Å²) >= 11 is 0. The van der Waals surface area contributed by atoms with Crippen molar-refractivity contribution in [3.63, 3.8) is 0 Å². The van der Waals surface area contributed by atoms with E-state index in [4.69, 9.17) is 9.72 Å². The molecule has 122 valence electrons. The molecule has 1 aromatic heterocycles. The molecule has 0 saturated heterocycles. The lowest BCUT2D eigenvalue weighted by Crippen LogP contribution is -2.20. The number of hydrogen-bond donors (Lipinski definition) is 1. The van der Waals surface area contributed by atoms with Gasteiger partial charge in [-0.1, -0.05) is 12.1 Å². The first-order chi connectivity index (χ1) is 11.7. The largest absolute Gasteiger partial charge is 0.497 e. The normalized spacial score (nSPS) is 13.9. The molecule has 1 aliphatic carbocycles. The van der Waals surface area contributed by atoms with Crippen molar-refractivity contribution in [3.05, 3.63) is 54.4 Å². The van der Waals surface area contributed by atoms with Crippen molar-refractivity contribution < 1.29 is 9.53 Å². The summed E-state index contributed by atoms with van der Waals surface area (Å²) < 4.78 is 7.18. The van der Waals surface area contributed by atoms with Crippen LogP contribution in [0.15, 0.2) is 48.5 Å². The van der Waals surface area contributed by atoms with Gasteiger partial charge < -0.3 is 14.6 Å². The molecule has 24 heavy (non-hydrogen) atoms. The van der Waals surface area contributed by atoms with Gasteiger partial charge in [0.1, 0.15) is 18.1 Å². The standard InChI is InChI=1S/C19H19N3O2/c1-24-15-10-8-14(9-11-15)20-18(23)12-22-17-5-3-2-4-16(17)21-19(22)13-6-7-13/h2-5,8-11,13H,6-7,12H2,1H3,(H,20,23). The second-order valence-electron chi connectivity index (χ2n) is 6.10. The van der Waals surface area contributed by atoms with E-state index >= 15 is 0 Å². The van der Waals surface area contributed by atoms with Gasteiger partial charge in [0.05, 0.1) is 18.1 Å². The third-order valence-electron chi connectivity index (χ3n) is 4.30. The maximum absolute atomic E-state index is 12.5. The van der Waals surface area contributed by atoms with E-state index in [9.17, 15) is 4.79 Å². The number of nitrogens with one attached hydrogen (secondary N) is 1. The van der Waals surface area contributed by atoms with Gasteiger partial charge >= 0.3 is 0 Å². The molecule has 0 atom stereocenters. The fraction of sp³-hybridized carbons (Fsp3) is 0.263. The van der Waals surface area contributed by atoms with Gasteiger partial charge in [-0.2, -0.15) is 0 Å². The zero-order valence-corrected chi connectivity index (χ0v) is 13.5. The number of ether oxygens (including phenoxy) is 1. The Morgan fingerprint density at radius 2 is 1.96 bits per heavy atom. The van der Waals surface area contributed by atoms with Crippen LogP contribution in [0.2, 0.25) is 0 Å². The van der Waals surface area contributed by atoms with Crippen LogP contribution in [0.1, 0.15) is 24.6 Å². The summed E-state index contributed by atoms with van der Waals surface area (Å²) in [7, 11) is 1.62. The van der Waals surface area contributed by atoms with E-state index in [1.54, 1.807) is 7.11 Å². The van der Waals surface area contributed by atoms with Crippen LogP contribution in [0, 0.1) is 0 Å². The topological polar surface area (TPSA) is 56.1 Å². The van der Waals surface area contributed by atoms with Gasteiger partial charge in [-0.05, 0) is 49.2 Å². The molecule has 0 unspecified atom stereocenters. The van der Waals surface area contributed by atoms with Crippen molar-refractivity contribution >= 4 is 22.6 Å². The van der Waals surface area contributed by atoms with E-state index in [1.165, 1.54) is 0 Å². The SMILES string of the molecule is COc1ccc(NC(=O)Cn2c(C3CC3)nc3ccccc32)cc1. The highest BCUT2D eigenvalue weighted by Crippen LogP contribution is 2.40. The van der Waals surface area contributed by atoms with Crippen molar-refractivity contribution in [2.24, 2.45) is 0 Å². The fourth-order valence-corrected chi connectivity index (χ4v) is 2.93. The average Bonchev–Trinajstić information content (AvgIpc) is 3.39. The van der Waals surface area contributed by atoms with Crippen LogP contribution in [0.4, 0.5) is 5.69 Å². The summed E-state index contributed by atoms with van der Waals surface area (Å²) in [4.78, 5) is 17.2. The van der Waals surface area contributed by atoms with E-state index in [-0.39, 0.29) is 12.5 Å². The van der Waals surface area contributed by atoms with Gasteiger partial charge in [0, 0.05) is 11.6 Å². The quantitative estimate of drug-likeness (QED) is 0.782. The first-order valence-electron chi connectivity index (χ1n) is 8.13. The zero-order valence-electron chi connectivity index (χ0n) is 13.5. The number of imidazole rings is 1. The molecule has 5 nitrogen and oxygen atoms in total. The third kappa shape index (κ3) is 2.85. The predicted molar refractivity (Wildman–Crippen MR) is 93.3 cm³/mol. The monoisotopic (exact) mass is 321 g/mol. The van der Waals surface area contributed by atoms with E-state index in [2.05, 4.69) is 5.32 Å². The molecule has 0 spiro atoms. The molecule has 1 saturated carbocycles. The Labute approximate surface area is 140 Å². The van der Waals surface area contributed by atoms with Crippen LogP contribution < -0.4 is 10.1 Å². The van der Waals surface area contributed by atoms with Crippen LogP contribution in [0.3, 0.4) is 0 Å². The highest BCUT2D eigenvalue weighted by atomic mass is 16.5. The number of methoxy groups -OCH3 is 1. The van der Waals surface area contributed by atoms with Crippen molar-refractivity contribution in [3.8, 4) is 5.75 Å². The summed E-state index contributed by atoms with van der Waals surface area (Å²) in [5.74, 6) is 2.24. The van der Waals surface area contributed by atoms with Crippen LogP contribution >= 0.6 is 0 Å². The maximum Gasteiger partial charge on any atom is 0.244 e. The Morgan fingerprint density at radius 1 is 1.21 bits per heavy atom. The lowest BCUT2D eigenvalue weighted by molar-refractivity contribution is -0.116. The van der Waals surface area contributed by atoms with E-state index in [0.717, 1.165) is 41.1 Å². The molecule has 0 radical (unpaired) electrons. The van der Waals surface area contributed by atoms with Gasteiger partial charge in [0.2, 0.25) is 5.91 Å². The van der Waals surface area contributed by atoms with Gasteiger partial charge in [-0.3, -0.25) is 4.79 Å². The molecule has 1 heterocycles. The molecule has 4 rings (SSSR count). The van der Waals surface area contributed by atoms with Crippen molar-refractivity contribution in [2.75, 3.05) is 12.4 Å². The van der Waals surface area contributed by atoms with Crippen LogP contribution in [-0.4, -0.2) is 22.6 Å². The number of carbonyl (C=O) groups excluding carboxylic acids is 1. The van der Waals surface area contributed by atoms with Gasteiger partial charge in [-0.25, -0.2) is 4.98 Å². The number of fused-ring (bicyclic) bond motifs is 1. The number of amides is 1. The zero-order chi connectivity index (χ0) is 16.5. The minimum Gasteiger partial charge on any atom is -0.497 e. The first-order valence-corrected chi connectivity index (χ1v) is 8.13. The molecule has 0 aliphatic heterocycles. The number of benzene rings is 2. The Hall–Kier alpha value is -2.82. The fourth-order valence-electron chi connectivity index (χ4n) is 2.93. The van der Waals surface area contributed by atoms with E-state index < -0.39 is 0 Å². The Balaban J connectivity index is 1.56. The van der Waals surface area contributed by atoms with Crippen LogP contribution in [-0.2, 0) is 11.3 Å². The lowest BCUT2D eigenvalue weighted by atomic mass is 10.3. The van der Waals surface area contributed by atoms with E-state index in [0.29, 0.717) is 5.92 Å². The second kappa shape index (κ2) is 6.00. The number of para-hydroxylation sites is 2. The number of rotatable bonds is 5. The van der Waals surface area contributed by atoms with Gasteiger partial charge in [0.15, 0.2) is 0 Å². The summed E-state index contributed by atoms with van der Waals surface area (Å²) in [6.07, 6.45) is 2.31. The molecule has 1 aliphatic rings. The highest BCUT2D eigenvalue weighted by molar-refractivity contribution is 5.91. The number of nitrogens with zero attached hydrogens (tertiary/aromatic N) is 2. The summed E-state index contributed by atoms with van der Waals surface area (Å²) in [6, 6.07) is 15.3. The minimum atomic E-state index is -0.0507. The molecule has 3 aromatic rings. The van der Waals surface area contributed by atoms with Gasteiger partial charge in [-0.15, -0.1) is 0 Å². The number of carbonyl (C=O) groups is 1. The van der Waals surface area contributed by atoms with Crippen LogP contribution in [0.5, 0.6) is 5.75 Å². The van der Waals surface area contributed by atoms with Crippen molar-refractivity contribution in [1.82, 2.24) is 9.55 Å². The highest BCUT2D eigenvalue weighted by Gasteiger charge is 2.30. The lowest BCUT2D eigenvalue weighted by Gasteiger charge is -2.10. The number of anilines is 1. The van der Waals surface area contributed by atoms with Crippen LogP contribution in [0.25, 0.3) is 11.0 Å². The number of aromatic nitrogens is 2. The molecule has 5 heteroatoms. The molecule has 1 N–H and O–H groups in total. The molecule has 0 bridgehead atoms. The molecule has 2 aromatic carbocycles. The second-order valence-corrected chi connectivity index (χ2v) is 6.10. The third-order valence-corrected chi connectivity index (χ3v) is 4.30. The summed E-state index contributed by atoms with van der Waals surface area (Å²) in [6.45, 7) is 0.276. The maximum atomic E-state index is 12.5. The first kappa shape index (κ1) is 14.8. The molecule has 1 fully saturated rings. The summed E-state index contributed by atoms with van der Waals surface area (Å²) in [5.41, 5.74) is 2.74.